The van der Waals surface area contributed by atoms with Crippen LogP contribution >= 0.6 is 0 Å². The van der Waals surface area contributed by atoms with Crippen molar-refractivity contribution in [2.75, 3.05) is 0 Å². The van der Waals surface area contributed by atoms with E-state index in [1.54, 1.807) is 5.41 Å². The lowest BCUT2D eigenvalue weighted by Crippen LogP contribution is -1.86. The molecule has 0 N–H and O–H groups in total. The molecule has 0 aliphatic rings. The normalized spacial score (nSPS) is 12.8. The van der Waals surface area contributed by atoms with Gasteiger partial charge in [-0.05, 0) is 30.7 Å². The molecule has 0 saturated heterocycles. The molecule has 0 fully saturated rings. The van der Waals surface area contributed by atoms with Gasteiger partial charge in [-0.25, -0.2) is 4.21 Å². The topological polar surface area (TPSA) is 17.1 Å². The molecule has 1 atom stereocenters. The highest BCUT2D eigenvalue weighted by Crippen LogP contribution is 2.11. The molecular weight excluding hydrogens is 228 g/mol. The summed E-state index contributed by atoms with van der Waals surface area (Å²) in [7, 11) is -1.07. The number of benzene rings is 2. The highest BCUT2D eigenvalue weighted by atomic mass is 32.2. The van der Waals surface area contributed by atoms with Crippen molar-refractivity contribution in [2.24, 2.45) is 0 Å². The maximum absolute atomic E-state index is 12.0. The van der Waals surface area contributed by atoms with Gasteiger partial charge in [-0.1, -0.05) is 48.0 Å². The third kappa shape index (κ3) is 3.40. The molecule has 2 aromatic rings. The molecule has 0 aliphatic carbocycles. The maximum atomic E-state index is 12.0. The first-order chi connectivity index (χ1) is 8.25. The molecule has 0 heterocycles. The van der Waals surface area contributed by atoms with Crippen LogP contribution in [-0.2, 0) is 10.8 Å². The summed E-state index contributed by atoms with van der Waals surface area (Å²) in [4.78, 5) is 0.836. The van der Waals surface area contributed by atoms with E-state index in [-0.39, 0.29) is 0 Å². The van der Waals surface area contributed by atoms with E-state index >= 15 is 0 Å². The second-order valence-electron chi connectivity index (χ2n) is 3.82. The van der Waals surface area contributed by atoms with Gasteiger partial charge in [-0.2, -0.15) is 0 Å². The van der Waals surface area contributed by atoms with Crippen LogP contribution in [0.25, 0.3) is 6.08 Å². The molecule has 86 valence electrons. The Labute approximate surface area is 104 Å². The lowest BCUT2D eigenvalue weighted by molar-refractivity contribution is 0.688. The third-order valence-corrected chi connectivity index (χ3v) is 3.56. The van der Waals surface area contributed by atoms with Crippen LogP contribution in [0.1, 0.15) is 11.1 Å². The van der Waals surface area contributed by atoms with E-state index in [4.69, 9.17) is 0 Å². The minimum Gasteiger partial charge on any atom is -0.250 e. The molecule has 17 heavy (non-hydrogen) atoms. The molecular formula is C15H14OS. The van der Waals surface area contributed by atoms with Crippen LogP contribution in [0, 0.1) is 6.92 Å². The highest BCUT2D eigenvalue weighted by Gasteiger charge is 1.98. The molecule has 2 aromatic carbocycles. The standard InChI is InChI=1S/C15H14OS/c1-13-7-9-15(10-8-13)17(16)12-11-14-5-3-2-4-6-14/h2-12H,1H3/b12-11-/t17-/m1/s1. The largest absolute Gasteiger partial charge is 0.250 e. The Morgan fingerprint density at radius 1 is 0.941 bits per heavy atom. The van der Waals surface area contributed by atoms with Crippen LogP contribution in [0.5, 0.6) is 0 Å². The molecule has 0 saturated carbocycles. The minimum atomic E-state index is -1.07. The summed E-state index contributed by atoms with van der Waals surface area (Å²) in [6.45, 7) is 2.02. The first-order valence-corrected chi connectivity index (χ1v) is 6.67. The summed E-state index contributed by atoms with van der Waals surface area (Å²) in [6, 6.07) is 17.6. The van der Waals surface area contributed by atoms with Gasteiger partial charge in [0.15, 0.2) is 0 Å². The van der Waals surface area contributed by atoms with Crippen molar-refractivity contribution in [1.29, 1.82) is 0 Å². The average Bonchev–Trinajstić information content (AvgIpc) is 2.38. The Kier molecular flexibility index (Phi) is 3.89. The number of rotatable bonds is 3. The number of aryl methyl sites for hydroxylation is 1. The van der Waals surface area contributed by atoms with Gasteiger partial charge in [-0.15, -0.1) is 0 Å². The summed E-state index contributed by atoms with van der Waals surface area (Å²) in [5.41, 5.74) is 2.24. The Balaban J connectivity index is 2.12. The van der Waals surface area contributed by atoms with Crippen molar-refractivity contribution in [1.82, 2.24) is 0 Å². The van der Waals surface area contributed by atoms with Crippen molar-refractivity contribution >= 4 is 16.9 Å². The van der Waals surface area contributed by atoms with Crippen molar-refractivity contribution in [2.45, 2.75) is 11.8 Å². The first-order valence-electron chi connectivity index (χ1n) is 5.46. The minimum absolute atomic E-state index is 0.836. The lowest BCUT2D eigenvalue weighted by atomic mass is 10.2. The van der Waals surface area contributed by atoms with Crippen molar-refractivity contribution < 1.29 is 4.21 Å². The van der Waals surface area contributed by atoms with Gasteiger partial charge in [0.1, 0.15) is 0 Å². The zero-order chi connectivity index (χ0) is 12.1. The lowest BCUT2D eigenvalue weighted by Gasteiger charge is -1.97. The van der Waals surface area contributed by atoms with E-state index < -0.39 is 10.8 Å². The van der Waals surface area contributed by atoms with Crippen LogP contribution < -0.4 is 0 Å². The van der Waals surface area contributed by atoms with Crippen molar-refractivity contribution in [3.63, 3.8) is 0 Å². The Morgan fingerprint density at radius 3 is 2.24 bits per heavy atom. The fourth-order valence-electron chi connectivity index (χ4n) is 1.46. The van der Waals surface area contributed by atoms with Gasteiger partial charge in [-0.3, -0.25) is 0 Å². The fourth-order valence-corrected chi connectivity index (χ4v) is 2.30. The van der Waals surface area contributed by atoms with E-state index in [1.807, 2.05) is 67.6 Å². The summed E-state index contributed by atoms with van der Waals surface area (Å²) in [6.07, 6.45) is 1.88. The van der Waals surface area contributed by atoms with Gasteiger partial charge in [0.25, 0.3) is 0 Å². The molecule has 0 amide bonds. The fraction of sp³-hybridized carbons (Fsp3) is 0.0667. The average molecular weight is 242 g/mol. The second kappa shape index (κ2) is 5.60. The van der Waals surface area contributed by atoms with Crippen LogP contribution in [0.2, 0.25) is 0 Å². The van der Waals surface area contributed by atoms with Crippen LogP contribution in [-0.4, -0.2) is 4.21 Å². The van der Waals surface area contributed by atoms with Crippen molar-refractivity contribution in [3.05, 3.63) is 71.1 Å². The first kappa shape index (κ1) is 11.8. The molecule has 0 aromatic heterocycles. The predicted molar refractivity (Wildman–Crippen MR) is 73.1 cm³/mol. The van der Waals surface area contributed by atoms with E-state index in [9.17, 15) is 4.21 Å². The molecule has 0 bridgehead atoms. The molecule has 1 nitrogen and oxygen atoms in total. The SMILES string of the molecule is Cc1ccc([S@](=O)/C=C\c2ccccc2)cc1. The smallest absolute Gasteiger partial charge is 0.0776 e. The van der Waals surface area contributed by atoms with Crippen molar-refractivity contribution in [3.8, 4) is 0 Å². The van der Waals surface area contributed by atoms with Crippen LogP contribution in [0.15, 0.2) is 64.9 Å². The maximum Gasteiger partial charge on any atom is 0.0776 e. The molecule has 0 spiro atoms. The second-order valence-corrected chi connectivity index (χ2v) is 5.16. The van der Waals surface area contributed by atoms with E-state index in [2.05, 4.69) is 0 Å². The zero-order valence-electron chi connectivity index (χ0n) is 9.67. The quantitative estimate of drug-likeness (QED) is 0.800. The zero-order valence-corrected chi connectivity index (χ0v) is 10.5. The summed E-state index contributed by atoms with van der Waals surface area (Å²) >= 11 is 0. The summed E-state index contributed by atoms with van der Waals surface area (Å²) in [5.74, 6) is 0. The number of hydrogen-bond acceptors (Lipinski definition) is 1. The predicted octanol–water partition coefficient (Wildman–Crippen LogP) is 3.77. The summed E-state index contributed by atoms with van der Waals surface area (Å²) < 4.78 is 12.0. The van der Waals surface area contributed by atoms with Gasteiger partial charge < -0.3 is 0 Å². The monoisotopic (exact) mass is 242 g/mol. The Morgan fingerprint density at radius 2 is 1.59 bits per heavy atom. The Hall–Kier alpha value is -1.67. The molecule has 2 rings (SSSR count). The number of hydrogen-bond donors (Lipinski definition) is 0. The van der Waals surface area contributed by atoms with Gasteiger partial charge >= 0.3 is 0 Å². The van der Waals surface area contributed by atoms with Crippen LogP contribution in [0.3, 0.4) is 0 Å². The van der Waals surface area contributed by atoms with Crippen LogP contribution in [0.4, 0.5) is 0 Å². The van der Waals surface area contributed by atoms with E-state index in [0.29, 0.717) is 0 Å². The Bertz CT molecular complexity index is 527. The van der Waals surface area contributed by atoms with Gasteiger partial charge in [0.05, 0.1) is 10.8 Å². The summed E-state index contributed by atoms with van der Waals surface area (Å²) in [5, 5.41) is 1.72. The highest BCUT2D eigenvalue weighted by molar-refractivity contribution is 7.88. The van der Waals surface area contributed by atoms with E-state index in [0.717, 1.165) is 10.5 Å². The molecule has 2 heteroatoms. The molecule has 0 aliphatic heterocycles. The molecule has 0 unspecified atom stereocenters. The third-order valence-electron chi connectivity index (χ3n) is 2.44. The van der Waals surface area contributed by atoms with E-state index in [1.165, 1.54) is 5.56 Å². The molecule has 0 radical (unpaired) electrons. The van der Waals surface area contributed by atoms with Gasteiger partial charge in [0, 0.05) is 10.3 Å². The van der Waals surface area contributed by atoms with Gasteiger partial charge in [0.2, 0.25) is 0 Å².